The summed E-state index contributed by atoms with van der Waals surface area (Å²) < 4.78 is 43.7. The van der Waals surface area contributed by atoms with Gasteiger partial charge in [-0.1, -0.05) is 11.6 Å². The van der Waals surface area contributed by atoms with E-state index in [1.165, 1.54) is 0 Å². The molecule has 1 heterocycles. The second-order valence-electron chi connectivity index (χ2n) is 6.60. The number of anilines is 1. The van der Waals surface area contributed by atoms with Crippen LogP contribution in [0.4, 0.5) is 18.9 Å². The third-order valence-electron chi connectivity index (χ3n) is 5.34. The molecule has 0 spiro atoms. The molecule has 0 aromatic heterocycles. The maximum Gasteiger partial charge on any atom is 0.416 e. The van der Waals surface area contributed by atoms with Crippen LogP contribution in [-0.4, -0.2) is 18.0 Å². The Bertz CT molecular complexity index is 734. The van der Waals surface area contributed by atoms with E-state index in [2.05, 4.69) is 5.32 Å². The van der Waals surface area contributed by atoms with Crippen molar-refractivity contribution in [2.45, 2.75) is 25.1 Å². The number of ether oxygens (including phenoxy) is 1. The van der Waals surface area contributed by atoms with Gasteiger partial charge < -0.3 is 10.1 Å². The number of esters is 1. The molecule has 1 aliphatic heterocycles. The molecule has 1 amide bonds. The number of rotatable bonds is 2. The second-order valence-corrected chi connectivity index (χ2v) is 7.01. The van der Waals surface area contributed by atoms with Crippen LogP contribution in [0.3, 0.4) is 0 Å². The van der Waals surface area contributed by atoms with E-state index >= 15 is 0 Å². The zero-order valence-corrected chi connectivity index (χ0v) is 13.0. The number of carbonyl (C=O) groups excluding carboxylic acids is 2. The summed E-state index contributed by atoms with van der Waals surface area (Å²) in [5.74, 6) is -1.81. The van der Waals surface area contributed by atoms with Gasteiger partial charge in [0.15, 0.2) is 0 Å². The maximum atomic E-state index is 12.8. The number of nitrogens with one attached hydrogen (secondary N) is 1. The molecule has 5 atom stereocenters. The minimum absolute atomic E-state index is 0.0198. The number of fused-ring (bicyclic) bond motifs is 1. The van der Waals surface area contributed by atoms with Crippen LogP contribution in [0.2, 0.25) is 5.02 Å². The molecule has 2 aliphatic carbocycles. The van der Waals surface area contributed by atoms with E-state index in [4.69, 9.17) is 16.3 Å². The first kappa shape index (κ1) is 15.7. The molecule has 1 N–H and O–H groups in total. The lowest BCUT2D eigenvalue weighted by Gasteiger charge is -2.24. The third kappa shape index (κ3) is 2.29. The molecule has 1 aromatic rings. The molecule has 0 unspecified atom stereocenters. The Kier molecular flexibility index (Phi) is 3.36. The fourth-order valence-corrected chi connectivity index (χ4v) is 4.54. The monoisotopic (exact) mass is 359 g/mol. The van der Waals surface area contributed by atoms with Crippen LogP contribution < -0.4 is 5.32 Å². The van der Waals surface area contributed by atoms with E-state index in [-0.39, 0.29) is 34.6 Å². The van der Waals surface area contributed by atoms with E-state index in [0.717, 1.165) is 24.6 Å². The summed E-state index contributed by atoms with van der Waals surface area (Å²) in [5, 5.41) is 2.49. The summed E-state index contributed by atoms with van der Waals surface area (Å²) in [4.78, 5) is 24.5. The predicted molar refractivity (Wildman–Crippen MR) is 78.2 cm³/mol. The van der Waals surface area contributed by atoms with Gasteiger partial charge in [0.05, 0.1) is 28.1 Å². The smallest absolute Gasteiger partial charge is 0.416 e. The maximum absolute atomic E-state index is 12.8. The van der Waals surface area contributed by atoms with Gasteiger partial charge in [0.25, 0.3) is 0 Å². The van der Waals surface area contributed by atoms with Gasteiger partial charge in [-0.05, 0) is 37.0 Å². The number of hydrogen-bond acceptors (Lipinski definition) is 3. The van der Waals surface area contributed by atoms with Crippen LogP contribution in [0.5, 0.6) is 0 Å². The SMILES string of the molecule is O=C(Nc1cc(C(F)(F)F)ccc1Cl)[C@@H]1[C@H]2C[C@@H]3[C@@H]1C(=O)O[C@@H]3C2. The molecule has 4 nitrogen and oxygen atoms in total. The summed E-state index contributed by atoms with van der Waals surface area (Å²) in [5.41, 5.74) is -0.988. The number of halogens is 4. The standard InChI is InChI=1S/C16H13ClF3NO3/c17-9-2-1-7(16(18,19)20)5-10(9)21-14(22)12-6-3-8-11(4-6)24-15(23)13(8)12/h1-2,5-6,8,11-13H,3-4H2,(H,21,22)/t6-,8-,11+,12+,13-/m0/s1. The van der Waals surface area contributed by atoms with E-state index < -0.39 is 29.5 Å². The minimum atomic E-state index is -4.53. The predicted octanol–water partition coefficient (Wildman–Crippen LogP) is 3.49. The lowest BCUT2D eigenvalue weighted by atomic mass is 9.79. The van der Waals surface area contributed by atoms with Crippen LogP contribution in [0.25, 0.3) is 0 Å². The van der Waals surface area contributed by atoms with Gasteiger partial charge in [-0.25, -0.2) is 0 Å². The van der Waals surface area contributed by atoms with Crippen molar-refractivity contribution < 1.29 is 27.5 Å². The molecule has 128 valence electrons. The molecule has 8 heteroatoms. The van der Waals surface area contributed by atoms with Gasteiger partial charge >= 0.3 is 12.1 Å². The van der Waals surface area contributed by atoms with Gasteiger partial charge in [-0.15, -0.1) is 0 Å². The van der Waals surface area contributed by atoms with Crippen LogP contribution >= 0.6 is 11.6 Å². The summed E-state index contributed by atoms with van der Waals surface area (Å²) >= 11 is 5.91. The van der Waals surface area contributed by atoms with Crippen molar-refractivity contribution in [2.24, 2.45) is 23.7 Å². The lowest BCUT2D eigenvalue weighted by molar-refractivity contribution is -0.145. The first-order valence-electron chi connectivity index (χ1n) is 7.64. The highest BCUT2D eigenvalue weighted by Gasteiger charge is 2.63. The van der Waals surface area contributed by atoms with Gasteiger partial charge in [0.1, 0.15) is 6.10 Å². The minimum Gasteiger partial charge on any atom is -0.462 e. The van der Waals surface area contributed by atoms with Gasteiger partial charge in [-0.3, -0.25) is 9.59 Å². The normalized spacial score (nSPS) is 33.7. The van der Waals surface area contributed by atoms with Crippen LogP contribution in [0.15, 0.2) is 18.2 Å². The number of amides is 1. The van der Waals surface area contributed by atoms with Crippen LogP contribution in [-0.2, 0) is 20.5 Å². The van der Waals surface area contributed by atoms with Crippen molar-refractivity contribution in [3.05, 3.63) is 28.8 Å². The first-order valence-corrected chi connectivity index (χ1v) is 8.01. The molecule has 1 aromatic carbocycles. The molecule has 2 saturated carbocycles. The zero-order valence-electron chi connectivity index (χ0n) is 12.3. The third-order valence-corrected chi connectivity index (χ3v) is 5.67. The summed E-state index contributed by atoms with van der Waals surface area (Å²) in [7, 11) is 0. The summed E-state index contributed by atoms with van der Waals surface area (Å²) in [6.45, 7) is 0. The molecule has 24 heavy (non-hydrogen) atoms. The van der Waals surface area contributed by atoms with Gasteiger partial charge in [0, 0.05) is 5.92 Å². The molecule has 4 rings (SSSR count). The van der Waals surface area contributed by atoms with Crippen molar-refractivity contribution >= 4 is 29.2 Å². The highest BCUT2D eigenvalue weighted by Crippen LogP contribution is 2.57. The number of hydrogen-bond donors (Lipinski definition) is 1. The highest BCUT2D eigenvalue weighted by molar-refractivity contribution is 6.33. The Morgan fingerprint density at radius 2 is 2.04 bits per heavy atom. The molecule has 2 bridgehead atoms. The molecule has 3 fully saturated rings. The topological polar surface area (TPSA) is 55.4 Å². The largest absolute Gasteiger partial charge is 0.462 e. The van der Waals surface area contributed by atoms with E-state index in [1.54, 1.807) is 0 Å². The van der Waals surface area contributed by atoms with Crippen molar-refractivity contribution in [3.63, 3.8) is 0 Å². The van der Waals surface area contributed by atoms with Gasteiger partial charge in [0.2, 0.25) is 5.91 Å². The van der Waals surface area contributed by atoms with Crippen molar-refractivity contribution in [3.8, 4) is 0 Å². The van der Waals surface area contributed by atoms with E-state index in [9.17, 15) is 22.8 Å². The Balaban J connectivity index is 1.58. The fourth-order valence-electron chi connectivity index (χ4n) is 4.38. The number of benzene rings is 1. The average Bonchev–Trinajstić information content (AvgIpc) is 3.09. The zero-order chi connectivity index (χ0) is 17.2. The lowest BCUT2D eigenvalue weighted by Crippen LogP contribution is -2.36. The Labute approximate surface area is 140 Å². The second kappa shape index (κ2) is 5.12. The average molecular weight is 360 g/mol. The first-order chi connectivity index (χ1) is 11.3. The number of carbonyl (C=O) groups is 2. The quantitative estimate of drug-likeness (QED) is 0.822. The van der Waals surface area contributed by atoms with Crippen molar-refractivity contribution in [1.29, 1.82) is 0 Å². The van der Waals surface area contributed by atoms with Crippen LogP contribution in [0.1, 0.15) is 18.4 Å². The van der Waals surface area contributed by atoms with Crippen LogP contribution in [0, 0.1) is 23.7 Å². The Hall–Kier alpha value is -1.76. The number of alkyl halides is 3. The Morgan fingerprint density at radius 1 is 1.29 bits per heavy atom. The Morgan fingerprint density at radius 3 is 2.75 bits per heavy atom. The van der Waals surface area contributed by atoms with Crippen molar-refractivity contribution in [1.82, 2.24) is 0 Å². The molecule has 0 radical (unpaired) electrons. The van der Waals surface area contributed by atoms with Gasteiger partial charge in [-0.2, -0.15) is 13.2 Å². The molecular weight excluding hydrogens is 347 g/mol. The fraction of sp³-hybridized carbons (Fsp3) is 0.500. The van der Waals surface area contributed by atoms with E-state index in [0.29, 0.717) is 6.42 Å². The van der Waals surface area contributed by atoms with Crippen molar-refractivity contribution in [2.75, 3.05) is 5.32 Å². The highest BCUT2D eigenvalue weighted by atomic mass is 35.5. The summed E-state index contributed by atoms with van der Waals surface area (Å²) in [6.07, 6.45) is -3.25. The molecular formula is C16H13ClF3NO3. The molecule has 1 saturated heterocycles. The molecule has 3 aliphatic rings. The van der Waals surface area contributed by atoms with E-state index in [1.807, 2.05) is 0 Å². The summed E-state index contributed by atoms with van der Waals surface area (Å²) in [6, 6.07) is 2.76.